The Hall–Kier alpha value is -3.27. The van der Waals surface area contributed by atoms with Gasteiger partial charge in [-0.15, -0.1) is 0 Å². The molecule has 1 aliphatic rings. The van der Waals surface area contributed by atoms with Gasteiger partial charge in [0, 0.05) is 30.6 Å². The van der Waals surface area contributed by atoms with Crippen LogP contribution in [0, 0.1) is 5.92 Å². The molecule has 6 nitrogen and oxygen atoms in total. The molecule has 3 heterocycles. The number of nitrogens with zero attached hydrogens (tertiary/aromatic N) is 3. The number of hydrogen-bond donors (Lipinski definition) is 2. The summed E-state index contributed by atoms with van der Waals surface area (Å²) in [4.78, 5) is 22.3. The number of carboxylic acids is 1. The lowest BCUT2D eigenvalue weighted by atomic mass is 9.93. The van der Waals surface area contributed by atoms with E-state index in [1.165, 1.54) is 6.07 Å². The number of aliphatic carboxylic acids is 1. The van der Waals surface area contributed by atoms with E-state index in [1.54, 1.807) is 18.2 Å². The molecule has 0 saturated carbocycles. The van der Waals surface area contributed by atoms with Crippen LogP contribution in [0.5, 0.6) is 0 Å². The lowest BCUT2D eigenvalue weighted by Crippen LogP contribution is -2.39. The highest BCUT2D eigenvalue weighted by atomic mass is 32.2. The minimum absolute atomic E-state index is 0.0255. The first-order valence-corrected chi connectivity index (χ1v) is 12.5. The van der Waals surface area contributed by atoms with Crippen molar-refractivity contribution in [3.05, 3.63) is 65.7 Å². The number of aromatic nitrogens is 2. The second-order valence-electron chi connectivity index (χ2n) is 8.99. The fraction of sp³-hybridized carbons (Fsp3) is 0.346. The van der Waals surface area contributed by atoms with Crippen LogP contribution in [0.3, 0.4) is 0 Å². The first-order valence-electron chi connectivity index (χ1n) is 11.7. The maximum Gasteiger partial charge on any atom is 0.418 e. The van der Waals surface area contributed by atoms with Gasteiger partial charge in [0.2, 0.25) is 0 Å². The van der Waals surface area contributed by atoms with Gasteiger partial charge in [-0.25, -0.2) is 9.97 Å². The standard InChI is InChI=1S/C26H27F3N4O2S/c1-16(2)18-8-3-4-9-19(18)24-20(26(27,28)29)12-13-21(30-24)32-36-23-11-5-10-22(31-23)33-14-6-7-17(15-33)25(34)35/h3-5,8-13,16-17H,6-7,14-15H2,1-2H3,(H,30,32)(H,34,35). The van der Waals surface area contributed by atoms with Gasteiger partial charge in [-0.1, -0.05) is 44.2 Å². The van der Waals surface area contributed by atoms with Crippen LogP contribution in [0.2, 0.25) is 0 Å². The maximum absolute atomic E-state index is 13.8. The van der Waals surface area contributed by atoms with E-state index >= 15 is 0 Å². The molecule has 10 heteroatoms. The average molecular weight is 517 g/mol. The molecule has 4 rings (SSSR count). The normalized spacial score (nSPS) is 16.3. The lowest BCUT2D eigenvalue weighted by Gasteiger charge is -2.31. The number of nitrogens with one attached hydrogen (secondary N) is 1. The van der Waals surface area contributed by atoms with Crippen LogP contribution in [0.25, 0.3) is 11.3 Å². The topological polar surface area (TPSA) is 78.4 Å². The summed E-state index contributed by atoms with van der Waals surface area (Å²) in [6.45, 7) is 4.98. The molecule has 0 aliphatic carbocycles. The quantitative estimate of drug-likeness (QED) is 0.338. The molecular formula is C26H27F3N4O2S. The minimum atomic E-state index is -4.55. The zero-order valence-corrected chi connectivity index (χ0v) is 20.7. The molecule has 1 atom stereocenters. The van der Waals surface area contributed by atoms with Gasteiger partial charge < -0.3 is 14.7 Å². The van der Waals surface area contributed by atoms with Gasteiger partial charge in [-0.2, -0.15) is 13.2 Å². The van der Waals surface area contributed by atoms with Crippen LogP contribution in [-0.2, 0) is 11.0 Å². The highest BCUT2D eigenvalue weighted by Gasteiger charge is 2.35. The summed E-state index contributed by atoms with van der Waals surface area (Å²) >= 11 is 1.14. The monoisotopic (exact) mass is 516 g/mol. The van der Waals surface area contributed by atoms with E-state index in [0.717, 1.165) is 36.5 Å². The maximum atomic E-state index is 13.8. The van der Waals surface area contributed by atoms with Crippen molar-refractivity contribution in [3.63, 3.8) is 0 Å². The van der Waals surface area contributed by atoms with Crippen LogP contribution < -0.4 is 9.62 Å². The van der Waals surface area contributed by atoms with Gasteiger partial charge in [0.05, 0.1) is 17.2 Å². The van der Waals surface area contributed by atoms with Crippen molar-refractivity contribution in [1.82, 2.24) is 9.97 Å². The van der Waals surface area contributed by atoms with Crippen molar-refractivity contribution < 1.29 is 23.1 Å². The van der Waals surface area contributed by atoms with Gasteiger partial charge in [-0.3, -0.25) is 4.79 Å². The smallest absolute Gasteiger partial charge is 0.418 e. The summed E-state index contributed by atoms with van der Waals surface area (Å²) in [5.41, 5.74) is 0.332. The molecule has 1 aromatic carbocycles. The summed E-state index contributed by atoms with van der Waals surface area (Å²) in [5, 5.41) is 9.94. The Morgan fingerprint density at radius 3 is 2.61 bits per heavy atom. The van der Waals surface area contributed by atoms with Crippen LogP contribution in [0.15, 0.2) is 59.6 Å². The van der Waals surface area contributed by atoms with Crippen molar-refractivity contribution in [2.45, 2.75) is 43.8 Å². The van der Waals surface area contributed by atoms with E-state index in [9.17, 15) is 23.1 Å². The molecule has 2 N–H and O–H groups in total. The Morgan fingerprint density at radius 2 is 1.89 bits per heavy atom. The Morgan fingerprint density at radius 1 is 1.11 bits per heavy atom. The van der Waals surface area contributed by atoms with Crippen molar-refractivity contribution >= 4 is 29.6 Å². The third-order valence-electron chi connectivity index (χ3n) is 6.10. The number of carboxylic acid groups (broad SMARTS) is 1. The van der Waals surface area contributed by atoms with Gasteiger partial charge in [0.15, 0.2) is 0 Å². The largest absolute Gasteiger partial charge is 0.481 e. The summed E-state index contributed by atoms with van der Waals surface area (Å²) < 4.78 is 44.5. The third-order valence-corrected chi connectivity index (χ3v) is 6.85. The molecule has 3 aromatic rings. The summed E-state index contributed by atoms with van der Waals surface area (Å²) in [5.74, 6) is -0.275. The van der Waals surface area contributed by atoms with E-state index in [1.807, 2.05) is 43.0 Å². The first kappa shape index (κ1) is 25.8. The number of anilines is 2. The Bertz CT molecular complexity index is 1240. The summed E-state index contributed by atoms with van der Waals surface area (Å²) in [7, 11) is 0. The fourth-order valence-corrected chi connectivity index (χ4v) is 4.90. The molecule has 0 radical (unpaired) electrons. The Kier molecular flexibility index (Phi) is 7.73. The molecule has 0 amide bonds. The zero-order chi connectivity index (χ0) is 25.9. The van der Waals surface area contributed by atoms with Crippen molar-refractivity contribution in [2.75, 3.05) is 22.7 Å². The molecule has 190 valence electrons. The average Bonchev–Trinajstić information content (AvgIpc) is 2.87. The molecule has 1 fully saturated rings. The van der Waals surface area contributed by atoms with E-state index in [4.69, 9.17) is 0 Å². The molecule has 1 saturated heterocycles. The number of benzene rings is 1. The molecular weight excluding hydrogens is 489 g/mol. The molecule has 36 heavy (non-hydrogen) atoms. The number of halogens is 3. The number of hydrogen-bond acceptors (Lipinski definition) is 6. The molecule has 1 unspecified atom stereocenters. The molecule has 2 aromatic heterocycles. The SMILES string of the molecule is CC(C)c1ccccc1-c1nc(NSc2cccc(N3CCCC(C(=O)O)C3)n2)ccc1C(F)(F)F. The highest BCUT2D eigenvalue weighted by Crippen LogP contribution is 2.39. The van der Waals surface area contributed by atoms with Crippen LogP contribution in [0.4, 0.5) is 24.8 Å². The van der Waals surface area contributed by atoms with Crippen molar-refractivity contribution in [2.24, 2.45) is 5.92 Å². The third kappa shape index (κ3) is 5.92. The van der Waals surface area contributed by atoms with Crippen LogP contribution in [-0.4, -0.2) is 34.1 Å². The molecule has 1 aliphatic heterocycles. The van der Waals surface area contributed by atoms with Gasteiger partial charge >= 0.3 is 12.1 Å². The van der Waals surface area contributed by atoms with E-state index in [0.29, 0.717) is 29.4 Å². The van der Waals surface area contributed by atoms with Crippen molar-refractivity contribution in [3.8, 4) is 11.3 Å². The molecule has 0 bridgehead atoms. The number of rotatable bonds is 7. The van der Waals surface area contributed by atoms with E-state index in [2.05, 4.69) is 14.7 Å². The van der Waals surface area contributed by atoms with Gasteiger partial charge in [0.1, 0.15) is 16.7 Å². The fourth-order valence-electron chi connectivity index (χ4n) is 4.29. The first-order chi connectivity index (χ1) is 17.1. The lowest BCUT2D eigenvalue weighted by molar-refractivity contribution is -0.142. The number of piperidine rings is 1. The predicted octanol–water partition coefficient (Wildman–Crippen LogP) is 6.71. The highest BCUT2D eigenvalue weighted by molar-refractivity contribution is 8.00. The van der Waals surface area contributed by atoms with E-state index in [-0.39, 0.29) is 17.4 Å². The van der Waals surface area contributed by atoms with Gasteiger partial charge in [-0.05, 0) is 48.6 Å². The molecule has 0 spiro atoms. The number of pyridine rings is 2. The Labute approximate surface area is 212 Å². The predicted molar refractivity (Wildman–Crippen MR) is 135 cm³/mol. The summed E-state index contributed by atoms with van der Waals surface area (Å²) in [6, 6.07) is 14.8. The number of carbonyl (C=O) groups is 1. The minimum Gasteiger partial charge on any atom is -0.481 e. The van der Waals surface area contributed by atoms with Crippen LogP contribution >= 0.6 is 11.9 Å². The second-order valence-corrected chi connectivity index (χ2v) is 9.82. The number of alkyl halides is 3. The van der Waals surface area contributed by atoms with Crippen molar-refractivity contribution in [1.29, 1.82) is 0 Å². The Balaban J connectivity index is 1.57. The summed E-state index contributed by atoms with van der Waals surface area (Å²) in [6.07, 6.45) is -3.13. The second kappa shape index (κ2) is 10.8. The van der Waals surface area contributed by atoms with E-state index < -0.39 is 23.6 Å². The zero-order valence-electron chi connectivity index (χ0n) is 19.9. The van der Waals surface area contributed by atoms with Gasteiger partial charge in [0.25, 0.3) is 0 Å². The van der Waals surface area contributed by atoms with Crippen LogP contribution in [0.1, 0.15) is 43.7 Å².